The first-order chi connectivity index (χ1) is 16.0. The van der Waals surface area contributed by atoms with Crippen LogP contribution in [0.3, 0.4) is 0 Å². The van der Waals surface area contributed by atoms with Gasteiger partial charge in [0.05, 0.1) is 42.1 Å². The number of nitrogens with one attached hydrogen (secondary N) is 3. The van der Waals surface area contributed by atoms with Crippen molar-refractivity contribution in [3.8, 4) is 22.1 Å². The zero-order valence-corrected chi connectivity index (χ0v) is 18.3. The fourth-order valence-corrected chi connectivity index (χ4v) is 4.51. The molecule has 1 aliphatic heterocycles. The molecule has 10 heteroatoms. The molecule has 1 atom stereocenters. The van der Waals surface area contributed by atoms with E-state index in [1.165, 1.54) is 0 Å². The predicted octanol–water partition coefficient (Wildman–Crippen LogP) is 3.58. The Balaban J connectivity index is 1.63. The van der Waals surface area contributed by atoms with Gasteiger partial charge in [0, 0.05) is 17.5 Å². The molecule has 33 heavy (non-hydrogen) atoms. The minimum Gasteiger partial charge on any atom is -0.499 e. The van der Waals surface area contributed by atoms with E-state index in [0.717, 1.165) is 28.3 Å². The second-order valence-electron chi connectivity index (χ2n) is 7.43. The van der Waals surface area contributed by atoms with Crippen LogP contribution in [-0.4, -0.2) is 33.1 Å². The average molecular weight is 462 g/mol. The van der Waals surface area contributed by atoms with Crippen LogP contribution in [-0.2, 0) is 0 Å². The normalized spacial score (nSPS) is 15.2. The van der Waals surface area contributed by atoms with E-state index in [1.54, 1.807) is 13.3 Å². The largest absolute Gasteiger partial charge is 0.499 e. The van der Waals surface area contributed by atoms with Gasteiger partial charge in [0.1, 0.15) is 11.3 Å². The van der Waals surface area contributed by atoms with E-state index in [-0.39, 0.29) is 23.1 Å². The second-order valence-corrected chi connectivity index (χ2v) is 8.39. The van der Waals surface area contributed by atoms with E-state index in [2.05, 4.69) is 25.5 Å². The van der Waals surface area contributed by atoms with Crippen LogP contribution in [0.1, 0.15) is 23.6 Å². The maximum atomic E-state index is 12.6. The number of aromatic hydroxyl groups is 1. The predicted molar refractivity (Wildman–Crippen MR) is 127 cm³/mol. The molecule has 9 nitrogen and oxygen atoms in total. The summed E-state index contributed by atoms with van der Waals surface area (Å²) in [5.74, 6) is 0.744. The number of aliphatic imine (C=N–C) groups is 1. The quantitative estimate of drug-likeness (QED) is 0.367. The molecule has 1 aliphatic rings. The first-order valence-electron chi connectivity index (χ1n) is 10.1. The standard InChI is InChI=1S/C23H19N5O4S/c1-32-13-8-6-12(7-9-13)20-14(11-24-28-20)17-10-18(19-21(29)27-23(31)33-22(19)30)26-16-5-3-2-4-15(16)25-17/h2-9,11,17,25,30H,10H2,1H3,(H,24,28)(H,27,29,31)/t17-/m0/s1. The number of fused-ring (bicyclic) bond motifs is 1. The first-order valence-corrected chi connectivity index (χ1v) is 10.9. The summed E-state index contributed by atoms with van der Waals surface area (Å²) in [4.78, 5) is 30.5. The fraction of sp³-hybridized carbons (Fsp3) is 0.130. The van der Waals surface area contributed by atoms with Crippen LogP contribution >= 0.6 is 11.3 Å². The third-order valence-electron chi connectivity index (χ3n) is 5.44. The fourth-order valence-electron chi connectivity index (χ4n) is 3.88. The molecular formula is C23H19N5O4S. The third-order valence-corrected chi connectivity index (χ3v) is 6.13. The molecule has 0 bridgehead atoms. The number of nitrogens with zero attached hydrogens (tertiary/aromatic N) is 2. The van der Waals surface area contributed by atoms with E-state index < -0.39 is 10.4 Å². The van der Waals surface area contributed by atoms with Gasteiger partial charge in [-0.05, 0) is 47.7 Å². The number of aromatic amines is 2. The van der Waals surface area contributed by atoms with Gasteiger partial charge in [-0.2, -0.15) is 5.10 Å². The van der Waals surface area contributed by atoms with Crippen LogP contribution in [0.2, 0.25) is 0 Å². The summed E-state index contributed by atoms with van der Waals surface area (Å²) < 4.78 is 5.25. The smallest absolute Gasteiger partial charge is 0.310 e. The van der Waals surface area contributed by atoms with Gasteiger partial charge in [-0.1, -0.05) is 12.1 Å². The number of H-pyrrole nitrogens is 2. The molecule has 3 heterocycles. The van der Waals surface area contributed by atoms with Crippen LogP contribution in [0.15, 0.2) is 69.3 Å². The van der Waals surface area contributed by atoms with Crippen molar-refractivity contribution < 1.29 is 9.84 Å². The molecule has 166 valence electrons. The summed E-state index contributed by atoms with van der Waals surface area (Å²) in [6.07, 6.45) is 2.01. The topological polar surface area (TPSA) is 132 Å². The maximum absolute atomic E-state index is 12.6. The SMILES string of the molecule is COc1ccc(-c2[nH]ncc2[C@@H]2CC(c3c(O)sc(=O)[nH]c3=O)=Nc3ccccc3N2)cc1. The zero-order chi connectivity index (χ0) is 22.9. The van der Waals surface area contributed by atoms with E-state index in [0.29, 0.717) is 22.7 Å². The van der Waals surface area contributed by atoms with Gasteiger partial charge in [0.25, 0.3) is 5.56 Å². The van der Waals surface area contributed by atoms with Crippen molar-refractivity contribution in [3.63, 3.8) is 0 Å². The number of benzene rings is 2. The first kappa shape index (κ1) is 20.7. The number of hydrogen-bond acceptors (Lipinski definition) is 8. The Morgan fingerprint density at radius 2 is 1.91 bits per heavy atom. The van der Waals surface area contributed by atoms with E-state index >= 15 is 0 Å². The van der Waals surface area contributed by atoms with Crippen LogP contribution in [0.25, 0.3) is 11.3 Å². The van der Waals surface area contributed by atoms with Crippen LogP contribution in [0, 0.1) is 0 Å². The summed E-state index contributed by atoms with van der Waals surface area (Å²) >= 11 is 0.570. The zero-order valence-electron chi connectivity index (χ0n) is 17.5. The van der Waals surface area contributed by atoms with E-state index in [1.807, 2.05) is 48.5 Å². The van der Waals surface area contributed by atoms with E-state index in [9.17, 15) is 14.7 Å². The Morgan fingerprint density at radius 1 is 1.12 bits per heavy atom. The molecule has 2 aromatic heterocycles. The molecular weight excluding hydrogens is 442 g/mol. The Morgan fingerprint density at radius 3 is 2.67 bits per heavy atom. The van der Waals surface area contributed by atoms with Crippen molar-refractivity contribution in [1.29, 1.82) is 0 Å². The third kappa shape index (κ3) is 3.92. The minimum atomic E-state index is -0.671. The number of aromatic nitrogens is 3. The molecule has 0 fully saturated rings. The van der Waals surface area contributed by atoms with Crippen LogP contribution < -0.4 is 20.5 Å². The molecule has 4 N–H and O–H groups in total. The monoisotopic (exact) mass is 461 g/mol. The van der Waals surface area contributed by atoms with Gasteiger partial charge in [0.15, 0.2) is 5.06 Å². The lowest BCUT2D eigenvalue weighted by Gasteiger charge is -2.19. The maximum Gasteiger partial charge on any atom is 0.310 e. The Kier molecular flexibility index (Phi) is 5.27. The van der Waals surface area contributed by atoms with Gasteiger partial charge < -0.3 is 15.2 Å². The molecule has 0 radical (unpaired) electrons. The highest BCUT2D eigenvalue weighted by Gasteiger charge is 2.27. The lowest BCUT2D eigenvalue weighted by atomic mass is 9.96. The molecule has 0 saturated carbocycles. The van der Waals surface area contributed by atoms with Crippen molar-refractivity contribution in [2.75, 3.05) is 12.4 Å². The lowest BCUT2D eigenvalue weighted by molar-refractivity contribution is 0.415. The Labute approximate surface area is 191 Å². The number of anilines is 1. The Hall–Kier alpha value is -4.18. The molecule has 0 saturated heterocycles. The average Bonchev–Trinajstić information content (AvgIpc) is 3.21. The molecule has 4 aromatic rings. The second kappa shape index (κ2) is 8.40. The summed E-state index contributed by atoms with van der Waals surface area (Å²) in [6, 6.07) is 14.7. The molecule has 5 rings (SSSR count). The van der Waals surface area contributed by atoms with Gasteiger partial charge in [-0.25, -0.2) is 0 Å². The van der Waals surface area contributed by atoms with Crippen molar-refractivity contribution in [2.24, 2.45) is 4.99 Å². The number of rotatable bonds is 4. The van der Waals surface area contributed by atoms with Gasteiger partial charge in [-0.3, -0.25) is 24.7 Å². The van der Waals surface area contributed by atoms with Gasteiger partial charge >= 0.3 is 4.87 Å². The highest BCUT2D eigenvalue weighted by atomic mass is 32.1. The highest BCUT2D eigenvalue weighted by Crippen LogP contribution is 2.38. The summed E-state index contributed by atoms with van der Waals surface area (Å²) in [5, 5.41) is 20.9. The minimum absolute atomic E-state index is 0.00223. The summed E-state index contributed by atoms with van der Waals surface area (Å²) in [5.41, 5.74) is 3.69. The van der Waals surface area contributed by atoms with Gasteiger partial charge in [-0.15, -0.1) is 0 Å². The van der Waals surface area contributed by atoms with Gasteiger partial charge in [0.2, 0.25) is 0 Å². The molecule has 0 spiro atoms. The number of ether oxygens (including phenoxy) is 1. The van der Waals surface area contributed by atoms with Crippen LogP contribution in [0.4, 0.5) is 11.4 Å². The molecule has 0 unspecified atom stereocenters. The van der Waals surface area contributed by atoms with Crippen molar-refractivity contribution >= 4 is 28.4 Å². The number of methoxy groups -OCH3 is 1. The van der Waals surface area contributed by atoms with Crippen molar-refractivity contribution in [3.05, 3.63) is 85.9 Å². The highest BCUT2D eigenvalue weighted by molar-refractivity contribution is 7.11. The van der Waals surface area contributed by atoms with Crippen molar-refractivity contribution in [2.45, 2.75) is 12.5 Å². The summed E-state index contributed by atoms with van der Waals surface area (Å²) in [7, 11) is 1.61. The van der Waals surface area contributed by atoms with Crippen molar-refractivity contribution in [1.82, 2.24) is 15.2 Å². The van der Waals surface area contributed by atoms with Crippen LogP contribution in [0.5, 0.6) is 10.8 Å². The molecule has 2 aromatic carbocycles. The number of hydrogen-bond donors (Lipinski definition) is 4. The number of para-hydroxylation sites is 2. The van der Waals surface area contributed by atoms with E-state index in [4.69, 9.17) is 4.74 Å². The molecule has 0 amide bonds. The molecule has 0 aliphatic carbocycles. The Bertz CT molecular complexity index is 1470. The summed E-state index contributed by atoms with van der Waals surface area (Å²) in [6.45, 7) is 0. The lowest BCUT2D eigenvalue weighted by Crippen LogP contribution is -2.25.